The molecule has 0 aliphatic rings. The summed E-state index contributed by atoms with van der Waals surface area (Å²) < 4.78 is 20.9. The number of rotatable bonds is 0. The number of nitrogen functional groups attached to an aromatic ring is 1. The van der Waals surface area contributed by atoms with Crippen LogP contribution in [0, 0.1) is 0 Å². The molecule has 0 amide bonds. The van der Waals surface area contributed by atoms with Crippen LogP contribution in [0.1, 0.15) is 4.11 Å². The van der Waals surface area contributed by atoms with Crippen molar-refractivity contribution in [1.29, 1.82) is 0 Å². The second-order valence-electron chi connectivity index (χ2n) is 0.930. The molecule has 0 saturated carbocycles. The molecule has 0 unspecified atom stereocenters. The molecule has 1 aromatic rings. The normalized spacial score (nSPS) is 14.6. The third-order valence-electron chi connectivity index (χ3n) is 0.453. The Balaban J connectivity index is 3.31. The lowest BCUT2D eigenvalue weighted by Gasteiger charge is -1.82. The Morgan fingerprint density at radius 1 is 1.57 bits per heavy atom. The topological polar surface area (TPSA) is 51.8 Å². The molecule has 0 bridgehead atoms. The number of aromatic nitrogens is 2. The second kappa shape index (κ2) is 1.55. The minimum absolute atomic E-state index is 0.133. The van der Waals surface area contributed by atoms with Gasteiger partial charge in [0.05, 0.1) is 4.11 Å². The second-order valence-corrected chi connectivity index (χ2v) is 0.930. The zero-order valence-electron chi connectivity index (χ0n) is 6.47. The number of nitrogens with zero attached hydrogens (tertiary/aromatic N) is 2. The summed E-state index contributed by atoms with van der Waals surface area (Å²) in [5.41, 5.74) is 5.08. The molecule has 0 radical (unpaired) electrons. The van der Waals surface area contributed by atoms with Gasteiger partial charge in [-0.25, -0.2) is 9.97 Å². The molecule has 0 saturated heterocycles. The fourth-order valence-electron chi connectivity index (χ4n) is 0.220. The quantitative estimate of drug-likeness (QED) is 0.499. The van der Waals surface area contributed by atoms with Crippen LogP contribution in [0.5, 0.6) is 0 Å². The van der Waals surface area contributed by atoms with E-state index >= 15 is 0 Å². The average Bonchev–Trinajstić information content (AvgIpc) is 1.82. The fourth-order valence-corrected chi connectivity index (χ4v) is 0.220. The van der Waals surface area contributed by atoms with Gasteiger partial charge in [0.25, 0.3) is 0 Å². The molecule has 2 N–H and O–H groups in total. The molecule has 0 spiro atoms. The van der Waals surface area contributed by atoms with Crippen molar-refractivity contribution < 1.29 is 4.11 Å². The fraction of sp³-hybridized carbons (Fsp3) is 0. The average molecular weight is 98.1 g/mol. The van der Waals surface area contributed by atoms with Crippen molar-refractivity contribution in [2.75, 3.05) is 5.73 Å². The Hall–Kier alpha value is -1.12. The molecule has 0 fully saturated rings. The highest BCUT2D eigenvalue weighted by Gasteiger charge is 1.75. The van der Waals surface area contributed by atoms with Crippen molar-refractivity contribution in [3.8, 4) is 0 Å². The van der Waals surface area contributed by atoms with Gasteiger partial charge in [0.15, 0.2) is 0 Å². The van der Waals surface area contributed by atoms with Gasteiger partial charge in [-0.2, -0.15) is 0 Å². The van der Waals surface area contributed by atoms with E-state index in [2.05, 4.69) is 9.97 Å². The minimum atomic E-state index is -0.308. The predicted molar refractivity (Wildman–Crippen MR) is 26.4 cm³/mol. The van der Waals surface area contributed by atoms with Crippen LogP contribution in [-0.4, -0.2) is 9.97 Å². The van der Waals surface area contributed by atoms with Crippen LogP contribution >= 0.6 is 0 Å². The molecule has 1 heterocycles. The summed E-state index contributed by atoms with van der Waals surface area (Å²) in [6.07, 6.45) is -0.616. The van der Waals surface area contributed by atoms with Crippen LogP contribution in [0.25, 0.3) is 0 Å². The summed E-state index contributed by atoms with van der Waals surface area (Å²) >= 11 is 0. The SMILES string of the molecule is [2H]c1nc(N)nc([2H])c1[2H]. The molecule has 3 nitrogen and oxygen atoms in total. The van der Waals surface area contributed by atoms with Crippen LogP contribution in [0.4, 0.5) is 5.95 Å². The molecule has 3 heteroatoms. The van der Waals surface area contributed by atoms with Crippen LogP contribution in [-0.2, 0) is 0 Å². The van der Waals surface area contributed by atoms with Gasteiger partial charge in [-0.1, -0.05) is 0 Å². The van der Waals surface area contributed by atoms with E-state index < -0.39 is 0 Å². The van der Waals surface area contributed by atoms with Crippen molar-refractivity contribution in [3.05, 3.63) is 18.4 Å². The minimum Gasteiger partial charge on any atom is -0.368 e. The van der Waals surface area contributed by atoms with E-state index in [1.54, 1.807) is 0 Å². The summed E-state index contributed by atoms with van der Waals surface area (Å²) in [5, 5.41) is 0. The molecule has 0 atom stereocenters. The lowest BCUT2D eigenvalue weighted by atomic mass is 10.7. The van der Waals surface area contributed by atoms with Gasteiger partial charge in [-0.05, 0) is 6.04 Å². The largest absolute Gasteiger partial charge is 0.368 e. The first-order valence-corrected chi connectivity index (χ1v) is 1.68. The van der Waals surface area contributed by atoms with Gasteiger partial charge >= 0.3 is 0 Å². The molecule has 0 aliphatic heterocycles. The summed E-state index contributed by atoms with van der Waals surface area (Å²) in [4.78, 5) is 6.72. The van der Waals surface area contributed by atoms with Gasteiger partial charge in [-0.3, -0.25) is 0 Å². The molecule has 36 valence electrons. The van der Waals surface area contributed by atoms with E-state index in [9.17, 15) is 0 Å². The maximum atomic E-state index is 6.99. The molecule has 0 aromatic carbocycles. The maximum Gasteiger partial charge on any atom is 0.219 e. The van der Waals surface area contributed by atoms with Crippen molar-refractivity contribution in [1.82, 2.24) is 9.97 Å². The van der Waals surface area contributed by atoms with Gasteiger partial charge in [0.1, 0.15) is 0 Å². The highest BCUT2D eigenvalue weighted by molar-refractivity contribution is 5.11. The summed E-state index contributed by atoms with van der Waals surface area (Å²) in [6.45, 7) is 0. The predicted octanol–water partition coefficient (Wildman–Crippen LogP) is 0.0588. The summed E-state index contributed by atoms with van der Waals surface area (Å²) in [6, 6.07) is -0.297. The van der Waals surface area contributed by atoms with Gasteiger partial charge in [0, 0.05) is 12.3 Å². The lowest BCUT2D eigenvalue weighted by Crippen LogP contribution is -1.90. The zero-order valence-corrected chi connectivity index (χ0v) is 3.47. The van der Waals surface area contributed by atoms with Crippen LogP contribution < -0.4 is 5.73 Å². The molecule has 0 aliphatic carbocycles. The zero-order chi connectivity index (χ0) is 7.72. The maximum absolute atomic E-state index is 6.99. The lowest BCUT2D eigenvalue weighted by molar-refractivity contribution is 1.19. The number of hydrogen-bond acceptors (Lipinski definition) is 3. The first-order chi connectivity index (χ1) is 4.61. The van der Waals surface area contributed by atoms with Crippen LogP contribution in [0.3, 0.4) is 0 Å². The Morgan fingerprint density at radius 3 is 2.71 bits per heavy atom. The monoisotopic (exact) mass is 98.1 g/mol. The molecule has 1 aromatic heterocycles. The highest BCUT2D eigenvalue weighted by atomic mass is 15.0. The van der Waals surface area contributed by atoms with Crippen molar-refractivity contribution in [3.63, 3.8) is 0 Å². The molecular weight excluding hydrogens is 90.1 g/mol. The van der Waals surface area contributed by atoms with Gasteiger partial charge in [-0.15, -0.1) is 0 Å². The van der Waals surface area contributed by atoms with E-state index in [1.165, 1.54) is 0 Å². The Kier molecular flexibility index (Phi) is 0.394. The Morgan fingerprint density at radius 2 is 2.14 bits per heavy atom. The van der Waals surface area contributed by atoms with E-state index in [-0.39, 0.29) is 24.3 Å². The van der Waals surface area contributed by atoms with Crippen LogP contribution in [0.15, 0.2) is 18.4 Å². The molecular formula is C4H5N3. The first kappa shape index (κ1) is 1.78. The van der Waals surface area contributed by atoms with Crippen molar-refractivity contribution in [2.24, 2.45) is 0 Å². The Labute approximate surface area is 45.4 Å². The van der Waals surface area contributed by atoms with Crippen LogP contribution in [0.2, 0.25) is 0 Å². The van der Waals surface area contributed by atoms with Gasteiger partial charge in [0.2, 0.25) is 5.95 Å². The standard InChI is InChI=1S/C4H5N3/c5-4-6-2-1-3-7-4/h1-3H,(H2,5,6,7)/i1D,2D,3D. The highest BCUT2D eigenvalue weighted by Crippen LogP contribution is 1.81. The van der Waals surface area contributed by atoms with Crippen molar-refractivity contribution >= 4 is 5.95 Å². The third-order valence-corrected chi connectivity index (χ3v) is 0.453. The van der Waals surface area contributed by atoms with E-state index in [4.69, 9.17) is 9.85 Å². The first-order valence-electron chi connectivity index (χ1n) is 3.18. The molecule has 1 rings (SSSR count). The third kappa shape index (κ3) is 0.855. The Bertz CT molecular complexity index is 239. The number of nitrogens with two attached hydrogens (primary N) is 1. The van der Waals surface area contributed by atoms with E-state index in [0.717, 1.165) is 0 Å². The van der Waals surface area contributed by atoms with E-state index in [0.29, 0.717) is 0 Å². The van der Waals surface area contributed by atoms with Gasteiger partial charge < -0.3 is 5.73 Å². The van der Waals surface area contributed by atoms with Crippen molar-refractivity contribution in [2.45, 2.75) is 0 Å². The smallest absolute Gasteiger partial charge is 0.219 e. The molecule has 7 heavy (non-hydrogen) atoms. The number of hydrogen-bond donors (Lipinski definition) is 1. The van der Waals surface area contributed by atoms with E-state index in [1.807, 2.05) is 0 Å². The summed E-state index contributed by atoms with van der Waals surface area (Å²) in [7, 11) is 0. The number of anilines is 1. The summed E-state index contributed by atoms with van der Waals surface area (Å²) in [5.74, 6) is -0.133.